The smallest absolute Gasteiger partial charge is 0.191 e. The maximum absolute atomic E-state index is 9.62. The van der Waals surface area contributed by atoms with Crippen molar-refractivity contribution in [2.75, 3.05) is 13.7 Å². The number of hydrogen-bond acceptors (Lipinski definition) is 3. The quantitative estimate of drug-likeness (QED) is 0.549. The van der Waals surface area contributed by atoms with Crippen LogP contribution in [0.5, 0.6) is 0 Å². The molecule has 2 saturated carbocycles. The minimum atomic E-state index is -0.120. The Morgan fingerprint density at radius 3 is 2.32 bits per heavy atom. The Balaban J connectivity index is 1.92. The Morgan fingerprint density at radius 2 is 1.82 bits per heavy atom. The number of aliphatic hydroxyl groups is 1. The summed E-state index contributed by atoms with van der Waals surface area (Å²) in [6.07, 6.45) is 4.65. The van der Waals surface area contributed by atoms with Gasteiger partial charge in [-0.05, 0) is 46.0 Å². The molecule has 128 valence electrons. The maximum atomic E-state index is 9.62. The number of aliphatic hydroxyl groups excluding tert-OH is 1. The summed E-state index contributed by atoms with van der Waals surface area (Å²) in [6, 6.07) is 0.780. The van der Waals surface area contributed by atoms with E-state index in [0.717, 1.165) is 44.6 Å². The van der Waals surface area contributed by atoms with E-state index in [-0.39, 0.29) is 17.1 Å². The fourth-order valence-electron chi connectivity index (χ4n) is 3.59. The summed E-state index contributed by atoms with van der Waals surface area (Å²) in [5.41, 5.74) is -0.00234. The summed E-state index contributed by atoms with van der Waals surface area (Å²) in [4.78, 5) is 4.59. The van der Waals surface area contributed by atoms with Crippen LogP contribution in [0, 0.1) is 5.41 Å². The molecule has 5 heteroatoms. The molecule has 2 atom stereocenters. The fraction of sp³-hybridized carbons (Fsp3) is 0.941. The standard InChI is InChI=1S/C17H33N3O2/c1-6-18-15(19-12-7-9-13(21)10-8-12)20-14-11-17(4,22-5)16(14,2)3/h12-14,21H,6-11H2,1-5H3,(H2,18,19,20). The Hall–Kier alpha value is -0.810. The number of ether oxygens (including phenoxy) is 1. The molecule has 0 aromatic rings. The molecule has 2 unspecified atom stereocenters. The molecule has 0 bridgehead atoms. The van der Waals surface area contributed by atoms with Crippen molar-refractivity contribution in [3.8, 4) is 0 Å². The van der Waals surface area contributed by atoms with Crippen LogP contribution in [0.1, 0.15) is 59.8 Å². The molecule has 0 radical (unpaired) electrons. The molecular weight excluding hydrogens is 278 g/mol. The van der Waals surface area contributed by atoms with E-state index in [1.807, 2.05) is 0 Å². The molecule has 0 saturated heterocycles. The third-order valence-electron chi connectivity index (χ3n) is 5.94. The van der Waals surface area contributed by atoms with Crippen LogP contribution in [0.25, 0.3) is 0 Å². The van der Waals surface area contributed by atoms with Crippen molar-refractivity contribution >= 4 is 5.96 Å². The van der Waals surface area contributed by atoms with Gasteiger partial charge >= 0.3 is 0 Å². The molecule has 22 heavy (non-hydrogen) atoms. The van der Waals surface area contributed by atoms with Crippen LogP contribution < -0.4 is 10.6 Å². The second-order valence-electron chi connectivity index (χ2n) is 7.53. The third kappa shape index (κ3) is 3.40. The molecule has 0 heterocycles. The highest BCUT2D eigenvalue weighted by Crippen LogP contribution is 2.51. The van der Waals surface area contributed by atoms with Crippen molar-refractivity contribution in [3.63, 3.8) is 0 Å². The van der Waals surface area contributed by atoms with Crippen LogP contribution >= 0.6 is 0 Å². The van der Waals surface area contributed by atoms with Crippen LogP contribution in [-0.2, 0) is 4.74 Å². The molecule has 3 N–H and O–H groups in total. The van der Waals surface area contributed by atoms with E-state index >= 15 is 0 Å². The highest BCUT2D eigenvalue weighted by atomic mass is 16.5. The van der Waals surface area contributed by atoms with Crippen LogP contribution in [0.15, 0.2) is 4.99 Å². The number of rotatable bonds is 4. The summed E-state index contributed by atoms with van der Waals surface area (Å²) in [5.74, 6) is 0.903. The van der Waals surface area contributed by atoms with Gasteiger partial charge in [-0.25, -0.2) is 0 Å². The van der Waals surface area contributed by atoms with Gasteiger partial charge < -0.3 is 20.5 Å². The monoisotopic (exact) mass is 311 g/mol. The van der Waals surface area contributed by atoms with Crippen LogP contribution in [0.2, 0.25) is 0 Å². The predicted molar refractivity (Wildman–Crippen MR) is 90.1 cm³/mol. The molecule has 0 aromatic heterocycles. The first kappa shape index (κ1) is 17.5. The van der Waals surface area contributed by atoms with Gasteiger partial charge in [-0.15, -0.1) is 0 Å². The van der Waals surface area contributed by atoms with E-state index in [0.29, 0.717) is 12.1 Å². The van der Waals surface area contributed by atoms with E-state index in [4.69, 9.17) is 4.74 Å². The zero-order valence-electron chi connectivity index (χ0n) is 14.8. The highest BCUT2D eigenvalue weighted by molar-refractivity contribution is 5.80. The number of nitrogens with zero attached hydrogens (tertiary/aromatic N) is 1. The summed E-state index contributed by atoms with van der Waals surface area (Å²) in [5, 5.41) is 16.8. The van der Waals surface area contributed by atoms with Crippen molar-refractivity contribution < 1.29 is 9.84 Å². The second kappa shape index (κ2) is 6.75. The van der Waals surface area contributed by atoms with E-state index in [1.165, 1.54) is 0 Å². The number of guanidine groups is 1. The fourth-order valence-corrected chi connectivity index (χ4v) is 3.59. The van der Waals surface area contributed by atoms with Gasteiger partial charge in [0.05, 0.1) is 11.7 Å². The van der Waals surface area contributed by atoms with Crippen LogP contribution in [-0.4, -0.2) is 48.5 Å². The topological polar surface area (TPSA) is 65.9 Å². The molecular formula is C17H33N3O2. The van der Waals surface area contributed by atoms with Gasteiger partial charge in [0.2, 0.25) is 0 Å². The van der Waals surface area contributed by atoms with Gasteiger partial charge in [-0.1, -0.05) is 13.8 Å². The Morgan fingerprint density at radius 1 is 1.18 bits per heavy atom. The van der Waals surface area contributed by atoms with Crippen molar-refractivity contribution in [2.24, 2.45) is 10.4 Å². The SMILES string of the molecule is CCN=C(NC1CCC(O)CC1)NC1CC(C)(OC)C1(C)C. The van der Waals surface area contributed by atoms with Gasteiger partial charge in [0.1, 0.15) is 0 Å². The van der Waals surface area contributed by atoms with Crippen molar-refractivity contribution in [1.29, 1.82) is 0 Å². The largest absolute Gasteiger partial charge is 0.393 e. The first-order valence-electron chi connectivity index (χ1n) is 8.63. The summed E-state index contributed by atoms with van der Waals surface area (Å²) < 4.78 is 5.69. The van der Waals surface area contributed by atoms with Crippen molar-refractivity contribution in [3.05, 3.63) is 0 Å². The summed E-state index contributed by atoms with van der Waals surface area (Å²) in [7, 11) is 1.80. The van der Waals surface area contributed by atoms with E-state index in [9.17, 15) is 5.11 Å². The predicted octanol–water partition coefficient (Wildman–Crippen LogP) is 2.05. The summed E-state index contributed by atoms with van der Waals surface area (Å²) >= 11 is 0. The lowest BCUT2D eigenvalue weighted by Gasteiger charge is -2.59. The van der Waals surface area contributed by atoms with Gasteiger partial charge in [-0.2, -0.15) is 0 Å². The Labute approximate surface area is 134 Å². The molecule has 0 amide bonds. The van der Waals surface area contributed by atoms with E-state index in [1.54, 1.807) is 7.11 Å². The molecule has 2 aliphatic carbocycles. The molecule has 2 fully saturated rings. The minimum absolute atomic E-state index is 0.0701. The Kier molecular flexibility index (Phi) is 5.38. The molecule has 2 aliphatic rings. The summed E-state index contributed by atoms with van der Waals surface area (Å²) in [6.45, 7) is 9.49. The number of methoxy groups -OCH3 is 1. The highest BCUT2D eigenvalue weighted by Gasteiger charge is 2.58. The number of nitrogens with one attached hydrogen (secondary N) is 2. The van der Waals surface area contributed by atoms with Crippen molar-refractivity contribution in [1.82, 2.24) is 10.6 Å². The lowest BCUT2D eigenvalue weighted by Crippen LogP contribution is -2.69. The molecule has 2 rings (SSSR count). The second-order valence-corrected chi connectivity index (χ2v) is 7.53. The zero-order chi connectivity index (χ0) is 16.4. The van der Waals surface area contributed by atoms with Gasteiger partial charge in [0.25, 0.3) is 0 Å². The van der Waals surface area contributed by atoms with Gasteiger partial charge in [-0.3, -0.25) is 4.99 Å². The lowest BCUT2D eigenvalue weighted by atomic mass is 9.56. The van der Waals surface area contributed by atoms with Crippen LogP contribution in [0.3, 0.4) is 0 Å². The molecule has 0 spiro atoms. The Bertz CT molecular complexity index is 403. The zero-order valence-corrected chi connectivity index (χ0v) is 14.8. The molecule has 0 aliphatic heterocycles. The minimum Gasteiger partial charge on any atom is -0.393 e. The van der Waals surface area contributed by atoms with E-state index in [2.05, 4.69) is 43.3 Å². The van der Waals surface area contributed by atoms with Crippen LogP contribution in [0.4, 0.5) is 0 Å². The first-order valence-corrected chi connectivity index (χ1v) is 8.63. The van der Waals surface area contributed by atoms with Gasteiger partial charge in [0.15, 0.2) is 5.96 Å². The lowest BCUT2D eigenvalue weighted by molar-refractivity contribution is -0.176. The average molecular weight is 311 g/mol. The molecule has 5 nitrogen and oxygen atoms in total. The first-order chi connectivity index (χ1) is 10.3. The average Bonchev–Trinajstić information content (AvgIpc) is 2.49. The molecule has 0 aromatic carbocycles. The normalized spacial score (nSPS) is 38.3. The third-order valence-corrected chi connectivity index (χ3v) is 5.94. The maximum Gasteiger partial charge on any atom is 0.191 e. The van der Waals surface area contributed by atoms with Crippen molar-refractivity contribution in [2.45, 2.75) is 83.6 Å². The number of hydrogen-bond donors (Lipinski definition) is 3. The van der Waals surface area contributed by atoms with Gasteiger partial charge in [0, 0.05) is 31.2 Å². The van der Waals surface area contributed by atoms with E-state index < -0.39 is 0 Å². The number of aliphatic imine (C=N–C) groups is 1.